The van der Waals surface area contributed by atoms with E-state index >= 15 is 0 Å². The lowest BCUT2D eigenvalue weighted by Crippen LogP contribution is -2.33. The Morgan fingerprint density at radius 3 is 2.50 bits per heavy atom. The molecule has 0 heterocycles. The van der Waals surface area contributed by atoms with E-state index in [1.807, 2.05) is 12.1 Å². The van der Waals surface area contributed by atoms with Crippen LogP contribution in [0.3, 0.4) is 0 Å². The third-order valence-electron chi connectivity index (χ3n) is 3.36. The molecule has 1 saturated carbocycles. The summed E-state index contributed by atoms with van der Waals surface area (Å²) in [5.41, 5.74) is 3.98. The molecule has 3 nitrogen and oxygen atoms in total. The molecule has 1 aromatic rings. The zero-order valence-corrected chi connectivity index (χ0v) is 12.1. The quantitative estimate of drug-likeness (QED) is 0.390. The molecule has 1 fully saturated rings. The average molecular weight is 310 g/mol. The van der Waals surface area contributed by atoms with Crippen molar-refractivity contribution in [3.8, 4) is 0 Å². The Labute approximate surface area is 117 Å². The summed E-state index contributed by atoms with van der Waals surface area (Å²) in [6.07, 6.45) is 7.12. The molecule has 0 aliphatic heterocycles. The van der Waals surface area contributed by atoms with Crippen molar-refractivity contribution in [1.82, 2.24) is 5.43 Å². The molecule has 98 valence electrons. The van der Waals surface area contributed by atoms with Crippen LogP contribution in [0, 0.1) is 0 Å². The Hall–Kier alpha value is -0.870. The van der Waals surface area contributed by atoms with Gasteiger partial charge in [0.05, 0.1) is 6.04 Å². The number of benzene rings is 1. The third kappa shape index (κ3) is 4.10. The number of amidine groups is 1. The summed E-state index contributed by atoms with van der Waals surface area (Å²) in [7, 11) is 0. The summed E-state index contributed by atoms with van der Waals surface area (Å²) in [4.78, 5) is 4.74. The molecule has 4 heteroatoms. The van der Waals surface area contributed by atoms with E-state index in [4.69, 9.17) is 10.8 Å². The zero-order valence-electron chi connectivity index (χ0n) is 10.5. The van der Waals surface area contributed by atoms with Crippen LogP contribution in [0.15, 0.2) is 33.7 Å². The highest BCUT2D eigenvalue weighted by atomic mass is 79.9. The van der Waals surface area contributed by atoms with Crippen molar-refractivity contribution in [2.75, 3.05) is 0 Å². The second kappa shape index (κ2) is 6.90. The molecule has 0 atom stereocenters. The lowest BCUT2D eigenvalue weighted by molar-refractivity contribution is 0.442. The van der Waals surface area contributed by atoms with Gasteiger partial charge in [0, 0.05) is 10.9 Å². The standard InChI is InChI=1S/C14H20BrN3/c15-12-8-6-11(7-9-12)10-14(18-16)17-13-4-2-1-3-5-13/h6-9,13H,1-5,10,16H2,(H,17,18). The monoisotopic (exact) mass is 309 g/mol. The van der Waals surface area contributed by atoms with Crippen LogP contribution in [0.25, 0.3) is 0 Å². The van der Waals surface area contributed by atoms with Crippen molar-refractivity contribution in [3.63, 3.8) is 0 Å². The SMILES string of the molecule is NNC(Cc1ccc(Br)cc1)=NC1CCCCC1. The lowest BCUT2D eigenvalue weighted by Gasteiger charge is -2.19. The molecular formula is C14H20BrN3. The van der Waals surface area contributed by atoms with Gasteiger partial charge in [-0.05, 0) is 30.5 Å². The van der Waals surface area contributed by atoms with E-state index < -0.39 is 0 Å². The van der Waals surface area contributed by atoms with Gasteiger partial charge in [-0.25, -0.2) is 5.84 Å². The first-order valence-electron chi connectivity index (χ1n) is 6.55. The van der Waals surface area contributed by atoms with Crippen LogP contribution in [0.4, 0.5) is 0 Å². The third-order valence-corrected chi connectivity index (χ3v) is 3.89. The molecule has 1 aromatic carbocycles. The maximum absolute atomic E-state index is 5.58. The minimum Gasteiger partial charge on any atom is -0.312 e. The molecule has 18 heavy (non-hydrogen) atoms. The van der Waals surface area contributed by atoms with E-state index in [0.29, 0.717) is 6.04 Å². The predicted octanol–water partition coefficient (Wildman–Crippen LogP) is 3.19. The number of hydrogen-bond donors (Lipinski definition) is 2. The fraction of sp³-hybridized carbons (Fsp3) is 0.500. The predicted molar refractivity (Wildman–Crippen MR) is 79.5 cm³/mol. The highest BCUT2D eigenvalue weighted by molar-refractivity contribution is 9.10. The molecule has 3 N–H and O–H groups in total. The first kappa shape index (κ1) is 13.6. The molecule has 0 saturated heterocycles. The fourth-order valence-corrected chi connectivity index (χ4v) is 2.62. The molecule has 0 radical (unpaired) electrons. The smallest absolute Gasteiger partial charge is 0.115 e. The molecule has 0 aromatic heterocycles. The largest absolute Gasteiger partial charge is 0.312 e. The number of rotatable bonds is 3. The second-order valence-corrected chi connectivity index (χ2v) is 5.73. The van der Waals surface area contributed by atoms with E-state index in [1.54, 1.807) is 0 Å². The van der Waals surface area contributed by atoms with Gasteiger partial charge in [-0.1, -0.05) is 47.3 Å². The lowest BCUT2D eigenvalue weighted by atomic mass is 9.96. The zero-order chi connectivity index (χ0) is 12.8. The number of nitrogens with zero attached hydrogens (tertiary/aromatic N) is 1. The maximum Gasteiger partial charge on any atom is 0.115 e. The van der Waals surface area contributed by atoms with Crippen LogP contribution in [-0.2, 0) is 6.42 Å². The Balaban J connectivity index is 1.99. The molecule has 2 rings (SSSR count). The Kier molecular flexibility index (Phi) is 5.20. The number of hydrogen-bond acceptors (Lipinski definition) is 2. The van der Waals surface area contributed by atoms with Crippen LogP contribution in [0.1, 0.15) is 37.7 Å². The van der Waals surface area contributed by atoms with Gasteiger partial charge in [0.2, 0.25) is 0 Å². The van der Waals surface area contributed by atoms with Gasteiger partial charge in [-0.3, -0.25) is 4.99 Å². The molecular weight excluding hydrogens is 290 g/mol. The van der Waals surface area contributed by atoms with Crippen LogP contribution in [0.2, 0.25) is 0 Å². The van der Waals surface area contributed by atoms with Gasteiger partial charge >= 0.3 is 0 Å². The first-order chi connectivity index (χ1) is 8.78. The number of nitrogens with one attached hydrogen (secondary N) is 1. The van der Waals surface area contributed by atoms with Crippen molar-refractivity contribution in [1.29, 1.82) is 0 Å². The van der Waals surface area contributed by atoms with Crippen molar-refractivity contribution in [2.45, 2.75) is 44.6 Å². The molecule has 0 unspecified atom stereocenters. The average Bonchev–Trinajstić information content (AvgIpc) is 2.41. The Morgan fingerprint density at radius 1 is 1.22 bits per heavy atom. The number of nitrogens with two attached hydrogens (primary N) is 1. The van der Waals surface area contributed by atoms with Gasteiger partial charge in [0.15, 0.2) is 0 Å². The van der Waals surface area contributed by atoms with E-state index in [9.17, 15) is 0 Å². The molecule has 1 aliphatic rings. The van der Waals surface area contributed by atoms with E-state index in [2.05, 4.69) is 33.5 Å². The maximum atomic E-state index is 5.58. The van der Waals surface area contributed by atoms with Crippen molar-refractivity contribution in [2.24, 2.45) is 10.8 Å². The number of hydrazine groups is 1. The van der Waals surface area contributed by atoms with Crippen LogP contribution >= 0.6 is 15.9 Å². The van der Waals surface area contributed by atoms with E-state index in [-0.39, 0.29) is 0 Å². The van der Waals surface area contributed by atoms with Crippen molar-refractivity contribution >= 4 is 21.8 Å². The molecule has 1 aliphatic carbocycles. The summed E-state index contributed by atoms with van der Waals surface area (Å²) in [6, 6.07) is 8.74. The Morgan fingerprint density at radius 2 is 1.89 bits per heavy atom. The van der Waals surface area contributed by atoms with Crippen LogP contribution in [-0.4, -0.2) is 11.9 Å². The minimum atomic E-state index is 0.459. The van der Waals surface area contributed by atoms with Crippen LogP contribution in [0.5, 0.6) is 0 Å². The summed E-state index contributed by atoms with van der Waals surface area (Å²) in [5, 5.41) is 0. The second-order valence-electron chi connectivity index (χ2n) is 4.82. The Bertz CT molecular complexity index is 394. The van der Waals surface area contributed by atoms with Gasteiger partial charge in [0.25, 0.3) is 0 Å². The first-order valence-corrected chi connectivity index (χ1v) is 7.35. The van der Waals surface area contributed by atoms with Gasteiger partial charge in [-0.15, -0.1) is 0 Å². The normalized spacial score (nSPS) is 17.8. The van der Waals surface area contributed by atoms with Crippen molar-refractivity contribution in [3.05, 3.63) is 34.3 Å². The summed E-state index contributed by atoms with van der Waals surface area (Å²) in [5.74, 6) is 6.47. The van der Waals surface area contributed by atoms with Gasteiger partial charge in [-0.2, -0.15) is 0 Å². The summed E-state index contributed by atoms with van der Waals surface area (Å²) < 4.78 is 1.10. The number of aliphatic imine (C=N–C) groups is 1. The fourth-order valence-electron chi connectivity index (χ4n) is 2.36. The van der Waals surface area contributed by atoms with Crippen LogP contribution < -0.4 is 11.3 Å². The topological polar surface area (TPSA) is 50.4 Å². The minimum absolute atomic E-state index is 0.459. The van der Waals surface area contributed by atoms with Gasteiger partial charge < -0.3 is 5.43 Å². The van der Waals surface area contributed by atoms with E-state index in [0.717, 1.165) is 16.7 Å². The number of halogens is 1. The van der Waals surface area contributed by atoms with Gasteiger partial charge in [0.1, 0.15) is 5.84 Å². The molecule has 0 spiro atoms. The molecule has 0 amide bonds. The highest BCUT2D eigenvalue weighted by Crippen LogP contribution is 2.20. The summed E-state index contributed by atoms with van der Waals surface area (Å²) >= 11 is 3.44. The highest BCUT2D eigenvalue weighted by Gasteiger charge is 2.13. The van der Waals surface area contributed by atoms with E-state index in [1.165, 1.54) is 37.7 Å². The van der Waals surface area contributed by atoms with Crippen molar-refractivity contribution < 1.29 is 0 Å². The summed E-state index contributed by atoms with van der Waals surface area (Å²) in [6.45, 7) is 0. The molecule has 0 bridgehead atoms.